The molecule has 0 bridgehead atoms. The van der Waals surface area contributed by atoms with Crippen molar-refractivity contribution < 1.29 is 4.74 Å². The summed E-state index contributed by atoms with van der Waals surface area (Å²) in [5.41, 5.74) is 3.70. The number of hydrogen-bond acceptors (Lipinski definition) is 7. The van der Waals surface area contributed by atoms with Gasteiger partial charge in [0.2, 0.25) is 5.75 Å². The van der Waals surface area contributed by atoms with Crippen LogP contribution < -0.4 is 20.9 Å². The molecule has 19 heavy (non-hydrogen) atoms. The van der Waals surface area contributed by atoms with E-state index in [1.54, 1.807) is 18.4 Å². The molecule has 0 radical (unpaired) electrons. The van der Waals surface area contributed by atoms with Gasteiger partial charge in [-0.3, -0.25) is 0 Å². The van der Waals surface area contributed by atoms with Crippen molar-refractivity contribution in [2.24, 2.45) is 5.84 Å². The number of anilines is 2. The SMILES string of the molecule is COc1c(NN)ncnc1N(C)Cc1csc(Br)c1. The number of hydrogen-bond donors (Lipinski definition) is 2. The molecule has 0 fully saturated rings. The van der Waals surface area contributed by atoms with Gasteiger partial charge in [0, 0.05) is 13.6 Å². The fraction of sp³-hybridized carbons (Fsp3) is 0.273. The molecule has 0 atom stereocenters. The van der Waals surface area contributed by atoms with E-state index in [4.69, 9.17) is 10.6 Å². The molecule has 2 rings (SSSR count). The zero-order valence-electron chi connectivity index (χ0n) is 10.6. The number of nitrogen functional groups attached to an aromatic ring is 1. The molecule has 0 aliphatic rings. The summed E-state index contributed by atoms with van der Waals surface area (Å²) in [6.07, 6.45) is 1.45. The molecule has 3 N–H and O–H groups in total. The minimum Gasteiger partial charge on any atom is -0.490 e. The second-order valence-corrected chi connectivity index (χ2v) is 6.13. The zero-order chi connectivity index (χ0) is 13.8. The Morgan fingerprint density at radius 3 is 2.89 bits per heavy atom. The van der Waals surface area contributed by atoms with Gasteiger partial charge in [-0.1, -0.05) is 0 Å². The van der Waals surface area contributed by atoms with Crippen LogP contribution in [-0.4, -0.2) is 24.1 Å². The van der Waals surface area contributed by atoms with Crippen LogP contribution in [0.4, 0.5) is 11.6 Å². The molecule has 0 spiro atoms. The highest BCUT2D eigenvalue weighted by Crippen LogP contribution is 2.32. The van der Waals surface area contributed by atoms with Gasteiger partial charge < -0.3 is 15.1 Å². The molecule has 6 nitrogen and oxygen atoms in total. The average molecular weight is 344 g/mol. The molecule has 0 aromatic carbocycles. The third-order valence-corrected chi connectivity index (χ3v) is 4.08. The van der Waals surface area contributed by atoms with Crippen LogP contribution in [0.15, 0.2) is 21.6 Å². The van der Waals surface area contributed by atoms with Crippen molar-refractivity contribution in [3.8, 4) is 5.75 Å². The second kappa shape index (κ2) is 6.18. The first kappa shape index (κ1) is 14.0. The lowest BCUT2D eigenvalue weighted by Gasteiger charge is -2.20. The van der Waals surface area contributed by atoms with Crippen LogP contribution in [0.3, 0.4) is 0 Å². The van der Waals surface area contributed by atoms with Gasteiger partial charge in [-0.15, -0.1) is 11.3 Å². The molecule has 102 valence electrons. The lowest BCUT2D eigenvalue weighted by atomic mass is 10.3. The van der Waals surface area contributed by atoms with Crippen molar-refractivity contribution in [3.63, 3.8) is 0 Å². The highest BCUT2D eigenvalue weighted by Gasteiger charge is 2.15. The number of nitrogens with zero attached hydrogens (tertiary/aromatic N) is 3. The zero-order valence-corrected chi connectivity index (χ0v) is 13.0. The highest BCUT2D eigenvalue weighted by molar-refractivity contribution is 9.11. The molecule has 0 saturated heterocycles. The van der Waals surface area contributed by atoms with Gasteiger partial charge in [-0.25, -0.2) is 15.8 Å². The van der Waals surface area contributed by atoms with Gasteiger partial charge in [0.25, 0.3) is 0 Å². The van der Waals surface area contributed by atoms with Crippen LogP contribution >= 0.6 is 27.3 Å². The van der Waals surface area contributed by atoms with E-state index in [1.807, 2.05) is 11.9 Å². The molecule has 0 aliphatic carbocycles. The molecule has 8 heteroatoms. The molecule has 2 aromatic rings. The summed E-state index contributed by atoms with van der Waals surface area (Å²) in [4.78, 5) is 10.2. The number of nitrogens with two attached hydrogens (primary N) is 1. The predicted octanol–water partition coefficient (Wildman–Crippen LogP) is 2.23. The van der Waals surface area contributed by atoms with E-state index in [0.717, 1.165) is 10.3 Å². The fourth-order valence-corrected chi connectivity index (χ4v) is 2.90. The van der Waals surface area contributed by atoms with Crippen molar-refractivity contribution >= 4 is 38.9 Å². The van der Waals surface area contributed by atoms with Crippen LogP contribution in [0.2, 0.25) is 0 Å². The lowest BCUT2D eigenvalue weighted by Crippen LogP contribution is -2.20. The number of aromatic nitrogens is 2. The normalized spacial score (nSPS) is 10.3. The topological polar surface area (TPSA) is 76.3 Å². The van der Waals surface area contributed by atoms with Crippen LogP contribution in [-0.2, 0) is 6.54 Å². The standard InChI is InChI=1S/C11H14BrN5OS/c1-17(4-7-3-8(12)19-5-7)11-9(18-2)10(16-13)14-6-15-11/h3,5-6H,4,13H2,1-2H3,(H,14,15,16). The number of rotatable bonds is 5. The summed E-state index contributed by atoms with van der Waals surface area (Å²) in [6.45, 7) is 0.722. The summed E-state index contributed by atoms with van der Waals surface area (Å²) in [7, 11) is 3.51. The fourth-order valence-electron chi connectivity index (χ4n) is 1.70. The van der Waals surface area contributed by atoms with Crippen molar-refractivity contribution in [2.45, 2.75) is 6.54 Å². The van der Waals surface area contributed by atoms with E-state index < -0.39 is 0 Å². The largest absolute Gasteiger partial charge is 0.490 e. The van der Waals surface area contributed by atoms with Crippen molar-refractivity contribution in [1.29, 1.82) is 0 Å². The van der Waals surface area contributed by atoms with Crippen LogP contribution in [0, 0.1) is 0 Å². The number of halogens is 1. The van der Waals surface area contributed by atoms with Crippen LogP contribution in [0.5, 0.6) is 5.75 Å². The predicted molar refractivity (Wildman–Crippen MR) is 80.5 cm³/mol. The Morgan fingerprint density at radius 2 is 2.32 bits per heavy atom. The van der Waals surface area contributed by atoms with Crippen LogP contribution in [0.25, 0.3) is 0 Å². The Hall–Kier alpha value is -1.38. The van der Waals surface area contributed by atoms with Gasteiger partial charge in [0.1, 0.15) is 6.33 Å². The highest BCUT2D eigenvalue weighted by atomic mass is 79.9. The molecular formula is C11H14BrN5OS. The third-order valence-electron chi connectivity index (χ3n) is 2.53. The van der Waals surface area contributed by atoms with Crippen molar-refractivity contribution in [3.05, 3.63) is 27.1 Å². The summed E-state index contributed by atoms with van der Waals surface area (Å²) >= 11 is 5.11. The first-order valence-corrected chi connectivity index (χ1v) is 7.12. The molecule has 0 amide bonds. The van der Waals surface area contributed by atoms with E-state index in [2.05, 4.69) is 42.8 Å². The molecule has 2 aromatic heterocycles. The average Bonchev–Trinajstić information content (AvgIpc) is 2.82. The Bertz CT molecular complexity index is 562. The number of hydrazine groups is 1. The van der Waals surface area contributed by atoms with Gasteiger partial charge in [0.15, 0.2) is 11.6 Å². The number of methoxy groups -OCH3 is 1. The maximum absolute atomic E-state index is 5.41. The quantitative estimate of drug-likeness (QED) is 0.640. The third kappa shape index (κ3) is 3.14. The van der Waals surface area contributed by atoms with Gasteiger partial charge in [0.05, 0.1) is 10.9 Å². The number of nitrogens with one attached hydrogen (secondary N) is 1. The minimum atomic E-state index is 0.464. The Balaban J connectivity index is 2.25. The minimum absolute atomic E-state index is 0.464. The number of thiophene rings is 1. The van der Waals surface area contributed by atoms with Crippen LogP contribution in [0.1, 0.15) is 5.56 Å². The molecule has 0 saturated carbocycles. The Labute approximate surface area is 123 Å². The van der Waals surface area contributed by atoms with E-state index >= 15 is 0 Å². The molecule has 2 heterocycles. The Kier molecular flexibility index (Phi) is 4.56. The first-order chi connectivity index (χ1) is 9.15. The van der Waals surface area contributed by atoms with Gasteiger partial charge in [-0.05, 0) is 32.9 Å². The smallest absolute Gasteiger partial charge is 0.205 e. The van der Waals surface area contributed by atoms with Gasteiger partial charge in [-0.2, -0.15) is 0 Å². The molecule has 0 aliphatic heterocycles. The first-order valence-electron chi connectivity index (χ1n) is 5.45. The second-order valence-electron chi connectivity index (χ2n) is 3.84. The van der Waals surface area contributed by atoms with E-state index in [1.165, 1.54) is 11.9 Å². The molecular weight excluding hydrogens is 330 g/mol. The monoisotopic (exact) mass is 343 g/mol. The van der Waals surface area contributed by atoms with Crippen molar-refractivity contribution in [2.75, 3.05) is 24.5 Å². The van der Waals surface area contributed by atoms with Crippen molar-refractivity contribution in [1.82, 2.24) is 9.97 Å². The van der Waals surface area contributed by atoms with E-state index in [0.29, 0.717) is 17.4 Å². The maximum Gasteiger partial charge on any atom is 0.205 e. The maximum atomic E-state index is 5.41. The summed E-state index contributed by atoms with van der Waals surface area (Å²) in [5.74, 6) is 7.09. The summed E-state index contributed by atoms with van der Waals surface area (Å²) in [6, 6.07) is 2.08. The molecule has 0 unspecified atom stereocenters. The number of ether oxygens (including phenoxy) is 1. The van der Waals surface area contributed by atoms with E-state index in [9.17, 15) is 0 Å². The van der Waals surface area contributed by atoms with E-state index in [-0.39, 0.29) is 0 Å². The summed E-state index contributed by atoms with van der Waals surface area (Å²) < 4.78 is 6.42. The summed E-state index contributed by atoms with van der Waals surface area (Å²) in [5, 5.41) is 2.09. The van der Waals surface area contributed by atoms with Gasteiger partial charge >= 0.3 is 0 Å². The lowest BCUT2D eigenvalue weighted by molar-refractivity contribution is 0.412. The Morgan fingerprint density at radius 1 is 1.53 bits per heavy atom.